The largest absolute Gasteiger partial charge is 0.309 e. The normalized spacial score (nSPS) is 19.3. The van der Waals surface area contributed by atoms with E-state index in [2.05, 4.69) is 4.72 Å². The molecule has 5 nitrogen and oxygen atoms in total. The van der Waals surface area contributed by atoms with Gasteiger partial charge < -0.3 is 4.90 Å². The van der Waals surface area contributed by atoms with Gasteiger partial charge in [0.05, 0.1) is 4.90 Å². The smallest absolute Gasteiger partial charge is 0.261 e. The van der Waals surface area contributed by atoms with Crippen LogP contribution >= 0.6 is 11.6 Å². The molecule has 1 N–H and O–H groups in total. The second-order valence-corrected chi connectivity index (χ2v) is 9.06. The van der Waals surface area contributed by atoms with E-state index in [0.717, 1.165) is 24.1 Å². The molecule has 1 heterocycles. The zero-order chi connectivity index (χ0) is 18.5. The number of sulfonamides is 1. The van der Waals surface area contributed by atoms with Gasteiger partial charge in [-0.3, -0.25) is 9.52 Å². The molecule has 1 atom stereocenters. The number of anilines is 2. The van der Waals surface area contributed by atoms with Gasteiger partial charge >= 0.3 is 0 Å². The van der Waals surface area contributed by atoms with Crippen LogP contribution in [0.3, 0.4) is 0 Å². The lowest BCUT2D eigenvalue weighted by atomic mass is 10.1. The highest BCUT2D eigenvalue weighted by atomic mass is 35.5. The number of rotatable bonds is 4. The molecule has 0 aromatic heterocycles. The summed E-state index contributed by atoms with van der Waals surface area (Å²) in [5.74, 6) is 0.296. The van der Waals surface area contributed by atoms with Gasteiger partial charge in [-0.1, -0.05) is 11.6 Å². The van der Waals surface area contributed by atoms with Crippen LogP contribution in [-0.2, 0) is 21.2 Å². The molecule has 7 heteroatoms. The molecule has 1 aliphatic carbocycles. The Balaban J connectivity index is 1.62. The van der Waals surface area contributed by atoms with Gasteiger partial charge in [0, 0.05) is 28.4 Å². The third-order valence-electron chi connectivity index (χ3n) is 4.84. The zero-order valence-electron chi connectivity index (χ0n) is 14.3. The molecular weight excluding hydrogens is 372 g/mol. The summed E-state index contributed by atoms with van der Waals surface area (Å²) >= 11 is 5.83. The Hall–Kier alpha value is -2.05. The lowest BCUT2D eigenvalue weighted by molar-refractivity contribution is -0.120. The number of hydrogen-bond acceptors (Lipinski definition) is 3. The molecule has 26 heavy (non-hydrogen) atoms. The van der Waals surface area contributed by atoms with Gasteiger partial charge in [0.15, 0.2) is 0 Å². The second-order valence-electron chi connectivity index (χ2n) is 6.94. The number of nitrogens with zero attached hydrogens (tertiary/aromatic N) is 1. The van der Waals surface area contributed by atoms with E-state index in [0.29, 0.717) is 17.1 Å². The lowest BCUT2D eigenvalue weighted by Crippen LogP contribution is -2.36. The molecule has 1 aliphatic heterocycles. The Morgan fingerprint density at radius 1 is 1.15 bits per heavy atom. The van der Waals surface area contributed by atoms with Crippen molar-refractivity contribution in [2.75, 3.05) is 9.62 Å². The number of nitrogens with one attached hydrogen (secondary N) is 1. The molecule has 1 fully saturated rings. The summed E-state index contributed by atoms with van der Waals surface area (Å²) < 4.78 is 27.9. The van der Waals surface area contributed by atoms with Gasteiger partial charge in [-0.25, -0.2) is 8.42 Å². The molecule has 1 amide bonds. The van der Waals surface area contributed by atoms with Crippen molar-refractivity contribution in [2.45, 2.75) is 37.1 Å². The van der Waals surface area contributed by atoms with E-state index in [9.17, 15) is 13.2 Å². The minimum Gasteiger partial charge on any atom is -0.309 e. The Bertz CT molecular complexity index is 969. The standard InChI is InChI=1S/C19H19ClN2O3S/c1-12-10-14-11-17(8-9-18(14)22(12)19(23)13-2-3-13)26(24,25)21-16-6-4-15(20)5-7-16/h4-9,11-13,21H,2-3,10H2,1H3/t12-/m0/s1. The van der Waals surface area contributed by atoms with E-state index in [1.165, 1.54) is 0 Å². The molecule has 2 aromatic carbocycles. The molecule has 1 saturated carbocycles. The topological polar surface area (TPSA) is 66.5 Å². The average molecular weight is 391 g/mol. The van der Waals surface area contributed by atoms with Crippen LogP contribution in [-0.4, -0.2) is 20.4 Å². The molecule has 0 bridgehead atoms. The third-order valence-corrected chi connectivity index (χ3v) is 6.47. The van der Waals surface area contributed by atoms with E-state index in [1.807, 2.05) is 11.8 Å². The first kappa shape index (κ1) is 17.4. The Kier molecular flexibility index (Phi) is 4.20. The summed E-state index contributed by atoms with van der Waals surface area (Å²) in [5, 5.41) is 0.542. The average Bonchev–Trinajstić information content (AvgIpc) is 3.38. The molecule has 0 saturated heterocycles. The number of halogens is 1. The fraction of sp³-hybridized carbons (Fsp3) is 0.316. The predicted octanol–water partition coefficient (Wildman–Crippen LogP) is 3.83. The predicted molar refractivity (Wildman–Crippen MR) is 102 cm³/mol. The van der Waals surface area contributed by atoms with Crippen molar-refractivity contribution in [1.29, 1.82) is 0 Å². The van der Waals surface area contributed by atoms with Crippen molar-refractivity contribution < 1.29 is 13.2 Å². The molecule has 136 valence electrons. The van der Waals surface area contributed by atoms with Crippen LogP contribution < -0.4 is 9.62 Å². The van der Waals surface area contributed by atoms with Crippen LogP contribution in [0, 0.1) is 5.92 Å². The molecule has 0 unspecified atom stereocenters. The molecule has 0 spiro atoms. The van der Waals surface area contributed by atoms with E-state index in [1.54, 1.807) is 42.5 Å². The summed E-state index contributed by atoms with van der Waals surface area (Å²) in [6, 6.07) is 11.5. The molecule has 2 aliphatic rings. The SMILES string of the molecule is C[C@H]1Cc2cc(S(=O)(=O)Nc3ccc(Cl)cc3)ccc2N1C(=O)C1CC1. The maximum absolute atomic E-state index is 12.7. The van der Waals surface area contributed by atoms with Crippen LogP contribution in [0.2, 0.25) is 5.02 Å². The summed E-state index contributed by atoms with van der Waals surface area (Å²) in [5.41, 5.74) is 2.18. The van der Waals surface area contributed by atoms with E-state index in [4.69, 9.17) is 11.6 Å². The van der Waals surface area contributed by atoms with Gasteiger partial charge in [-0.15, -0.1) is 0 Å². The molecule has 4 rings (SSSR count). The van der Waals surface area contributed by atoms with Crippen LogP contribution in [0.15, 0.2) is 47.4 Å². The van der Waals surface area contributed by atoms with E-state index >= 15 is 0 Å². The van der Waals surface area contributed by atoms with Crippen molar-refractivity contribution in [2.24, 2.45) is 5.92 Å². The number of amides is 1. The molecule has 2 aromatic rings. The molecular formula is C19H19ClN2O3S. The summed E-state index contributed by atoms with van der Waals surface area (Å²) in [7, 11) is -3.70. The number of carbonyl (C=O) groups excluding carboxylic acids is 1. The van der Waals surface area contributed by atoms with Gasteiger partial charge in [0.2, 0.25) is 5.91 Å². The van der Waals surface area contributed by atoms with Gasteiger partial charge in [-0.2, -0.15) is 0 Å². The Morgan fingerprint density at radius 2 is 1.85 bits per heavy atom. The van der Waals surface area contributed by atoms with Crippen LogP contribution in [0.1, 0.15) is 25.3 Å². The number of hydrogen-bond donors (Lipinski definition) is 1. The van der Waals surface area contributed by atoms with Crippen molar-refractivity contribution in [3.63, 3.8) is 0 Å². The van der Waals surface area contributed by atoms with E-state index in [-0.39, 0.29) is 22.8 Å². The first-order chi connectivity index (χ1) is 12.3. The second kappa shape index (κ2) is 6.28. The maximum Gasteiger partial charge on any atom is 0.261 e. The summed E-state index contributed by atoms with van der Waals surface area (Å²) in [4.78, 5) is 14.5. The third kappa shape index (κ3) is 3.19. The highest BCUT2D eigenvalue weighted by Gasteiger charge is 2.39. The van der Waals surface area contributed by atoms with Crippen molar-refractivity contribution in [3.8, 4) is 0 Å². The first-order valence-corrected chi connectivity index (χ1v) is 10.5. The first-order valence-electron chi connectivity index (χ1n) is 8.59. The van der Waals surface area contributed by atoms with Crippen molar-refractivity contribution in [3.05, 3.63) is 53.1 Å². The Morgan fingerprint density at radius 3 is 2.50 bits per heavy atom. The lowest BCUT2D eigenvalue weighted by Gasteiger charge is -2.22. The number of carbonyl (C=O) groups is 1. The van der Waals surface area contributed by atoms with E-state index < -0.39 is 10.0 Å². The summed E-state index contributed by atoms with van der Waals surface area (Å²) in [6.07, 6.45) is 2.57. The highest BCUT2D eigenvalue weighted by molar-refractivity contribution is 7.92. The minimum absolute atomic E-state index is 0.0558. The minimum atomic E-state index is -3.70. The van der Waals surface area contributed by atoms with Crippen LogP contribution in [0.4, 0.5) is 11.4 Å². The Labute approximate surface area is 158 Å². The van der Waals surface area contributed by atoms with Crippen LogP contribution in [0.25, 0.3) is 0 Å². The fourth-order valence-corrected chi connectivity index (χ4v) is 4.60. The monoisotopic (exact) mass is 390 g/mol. The number of benzene rings is 2. The highest BCUT2D eigenvalue weighted by Crippen LogP contribution is 2.39. The van der Waals surface area contributed by atoms with Crippen molar-refractivity contribution >= 4 is 38.9 Å². The van der Waals surface area contributed by atoms with Gasteiger partial charge in [0.25, 0.3) is 10.0 Å². The van der Waals surface area contributed by atoms with Gasteiger partial charge in [0.1, 0.15) is 0 Å². The quantitative estimate of drug-likeness (QED) is 0.862. The summed E-state index contributed by atoms with van der Waals surface area (Å²) in [6.45, 7) is 2.00. The molecule has 0 radical (unpaired) electrons. The van der Waals surface area contributed by atoms with Crippen molar-refractivity contribution in [1.82, 2.24) is 0 Å². The van der Waals surface area contributed by atoms with Gasteiger partial charge in [-0.05, 0) is 74.2 Å². The maximum atomic E-state index is 12.7. The zero-order valence-corrected chi connectivity index (χ0v) is 15.8. The number of fused-ring (bicyclic) bond motifs is 1. The fourth-order valence-electron chi connectivity index (χ4n) is 3.37. The van der Waals surface area contributed by atoms with Crippen LogP contribution in [0.5, 0.6) is 0 Å².